The summed E-state index contributed by atoms with van der Waals surface area (Å²) in [6.45, 7) is 4.13. The van der Waals surface area contributed by atoms with E-state index in [0.717, 1.165) is 16.7 Å². The van der Waals surface area contributed by atoms with Gasteiger partial charge in [-0.05, 0) is 25.0 Å². The maximum atomic E-state index is 10.7. The van der Waals surface area contributed by atoms with Gasteiger partial charge < -0.3 is 5.11 Å². The number of nitrogens with zero attached hydrogens (tertiary/aromatic N) is 2. The van der Waals surface area contributed by atoms with Gasteiger partial charge >= 0.3 is 5.97 Å². The van der Waals surface area contributed by atoms with Gasteiger partial charge in [-0.2, -0.15) is 5.10 Å². The van der Waals surface area contributed by atoms with Crippen LogP contribution in [0.5, 0.6) is 0 Å². The largest absolute Gasteiger partial charge is 0.481 e. The number of carboxylic acid groups (broad SMARTS) is 1. The van der Waals surface area contributed by atoms with Gasteiger partial charge in [0.05, 0.1) is 12.6 Å². The Morgan fingerprint density at radius 3 is 2.78 bits per heavy atom. The third kappa shape index (κ3) is 2.77. The Balaban J connectivity index is 2.29. The van der Waals surface area contributed by atoms with E-state index in [1.165, 1.54) is 0 Å². The summed E-state index contributed by atoms with van der Waals surface area (Å²) in [5, 5.41) is 13.1. The average molecular weight is 244 g/mol. The quantitative estimate of drug-likeness (QED) is 0.899. The Bertz CT molecular complexity index is 558. The van der Waals surface area contributed by atoms with E-state index >= 15 is 0 Å². The highest BCUT2D eigenvalue weighted by Gasteiger charge is 2.06. The van der Waals surface area contributed by atoms with Crippen LogP contribution in [-0.2, 0) is 11.2 Å². The molecule has 0 amide bonds. The van der Waals surface area contributed by atoms with E-state index < -0.39 is 5.97 Å². The molecule has 0 aliphatic carbocycles. The molecular weight excluding hydrogens is 228 g/mol. The van der Waals surface area contributed by atoms with Gasteiger partial charge in [0.2, 0.25) is 0 Å². The minimum atomic E-state index is -0.815. The van der Waals surface area contributed by atoms with Crippen LogP contribution in [0, 0.1) is 0 Å². The van der Waals surface area contributed by atoms with Gasteiger partial charge in [0, 0.05) is 17.8 Å². The first-order chi connectivity index (χ1) is 8.56. The molecule has 0 saturated carbocycles. The van der Waals surface area contributed by atoms with Crippen molar-refractivity contribution in [2.75, 3.05) is 0 Å². The number of carboxylic acids is 1. The number of aromatic nitrogens is 2. The fraction of sp³-hybridized carbons (Fsp3) is 0.286. The minimum Gasteiger partial charge on any atom is -0.481 e. The van der Waals surface area contributed by atoms with Crippen molar-refractivity contribution in [2.45, 2.75) is 26.3 Å². The average Bonchev–Trinajstić information content (AvgIpc) is 2.77. The lowest BCUT2D eigenvalue weighted by Crippen LogP contribution is -2.00. The SMILES string of the molecule is CC(C)n1cc(-c2cccc(CC(=O)O)c2)cn1. The van der Waals surface area contributed by atoms with E-state index in [2.05, 4.69) is 18.9 Å². The summed E-state index contributed by atoms with van der Waals surface area (Å²) in [6.07, 6.45) is 3.83. The zero-order valence-electron chi connectivity index (χ0n) is 10.5. The summed E-state index contributed by atoms with van der Waals surface area (Å²) < 4.78 is 1.89. The molecular formula is C14H16N2O2. The van der Waals surface area contributed by atoms with Crippen molar-refractivity contribution in [2.24, 2.45) is 0 Å². The molecule has 0 spiro atoms. The Morgan fingerprint density at radius 1 is 1.39 bits per heavy atom. The van der Waals surface area contributed by atoms with Crippen LogP contribution < -0.4 is 0 Å². The molecule has 0 fully saturated rings. The van der Waals surface area contributed by atoms with Crippen molar-refractivity contribution in [1.29, 1.82) is 0 Å². The van der Waals surface area contributed by atoms with E-state index in [1.54, 1.807) is 6.20 Å². The topological polar surface area (TPSA) is 55.1 Å². The maximum absolute atomic E-state index is 10.7. The second-order valence-electron chi connectivity index (χ2n) is 4.57. The third-order valence-electron chi connectivity index (χ3n) is 2.75. The van der Waals surface area contributed by atoms with E-state index in [9.17, 15) is 4.79 Å². The molecule has 0 radical (unpaired) electrons. The van der Waals surface area contributed by atoms with Crippen LogP contribution in [0.15, 0.2) is 36.7 Å². The summed E-state index contributed by atoms with van der Waals surface area (Å²) >= 11 is 0. The predicted octanol–water partition coefficient (Wildman–Crippen LogP) is 2.76. The molecule has 94 valence electrons. The minimum absolute atomic E-state index is 0.0478. The molecule has 18 heavy (non-hydrogen) atoms. The number of hydrogen-bond acceptors (Lipinski definition) is 2. The van der Waals surface area contributed by atoms with Gasteiger partial charge in [-0.1, -0.05) is 24.3 Å². The highest BCUT2D eigenvalue weighted by atomic mass is 16.4. The molecule has 0 saturated heterocycles. The molecule has 0 aliphatic heterocycles. The Morgan fingerprint density at radius 2 is 2.17 bits per heavy atom. The summed E-state index contributed by atoms with van der Waals surface area (Å²) in [6, 6.07) is 7.88. The molecule has 4 heteroatoms. The number of carbonyl (C=O) groups is 1. The highest BCUT2D eigenvalue weighted by molar-refractivity contribution is 5.71. The first kappa shape index (κ1) is 12.4. The van der Waals surface area contributed by atoms with Crippen LogP contribution in [-0.4, -0.2) is 20.9 Å². The van der Waals surface area contributed by atoms with E-state index in [0.29, 0.717) is 6.04 Å². The molecule has 4 nitrogen and oxygen atoms in total. The molecule has 1 aromatic carbocycles. The van der Waals surface area contributed by atoms with Crippen LogP contribution in [0.1, 0.15) is 25.5 Å². The van der Waals surface area contributed by atoms with Gasteiger partial charge in [0.1, 0.15) is 0 Å². The van der Waals surface area contributed by atoms with Crippen LogP contribution >= 0.6 is 0 Å². The van der Waals surface area contributed by atoms with Crippen LogP contribution in [0.2, 0.25) is 0 Å². The highest BCUT2D eigenvalue weighted by Crippen LogP contribution is 2.21. The van der Waals surface area contributed by atoms with Crippen molar-refractivity contribution in [3.63, 3.8) is 0 Å². The monoisotopic (exact) mass is 244 g/mol. The van der Waals surface area contributed by atoms with Gasteiger partial charge in [0.15, 0.2) is 0 Å². The molecule has 0 aliphatic rings. The predicted molar refractivity (Wildman–Crippen MR) is 69.4 cm³/mol. The molecule has 2 aromatic rings. The zero-order chi connectivity index (χ0) is 13.1. The zero-order valence-corrected chi connectivity index (χ0v) is 10.5. The van der Waals surface area contributed by atoms with Gasteiger partial charge in [0.25, 0.3) is 0 Å². The molecule has 0 atom stereocenters. The molecule has 2 rings (SSSR count). The molecule has 1 N–H and O–H groups in total. The van der Waals surface area contributed by atoms with Crippen molar-refractivity contribution in [3.8, 4) is 11.1 Å². The number of hydrogen-bond donors (Lipinski definition) is 1. The molecule has 1 heterocycles. The normalized spacial score (nSPS) is 10.8. The lowest BCUT2D eigenvalue weighted by atomic mass is 10.0. The second-order valence-corrected chi connectivity index (χ2v) is 4.57. The van der Waals surface area contributed by atoms with Crippen LogP contribution in [0.25, 0.3) is 11.1 Å². The van der Waals surface area contributed by atoms with Crippen LogP contribution in [0.3, 0.4) is 0 Å². The number of rotatable bonds is 4. The Kier molecular flexibility index (Phi) is 3.46. The van der Waals surface area contributed by atoms with Crippen molar-refractivity contribution < 1.29 is 9.90 Å². The second kappa shape index (κ2) is 5.04. The van der Waals surface area contributed by atoms with Gasteiger partial charge in [-0.15, -0.1) is 0 Å². The van der Waals surface area contributed by atoms with Gasteiger partial charge in [-0.3, -0.25) is 9.48 Å². The van der Waals surface area contributed by atoms with Crippen molar-refractivity contribution in [1.82, 2.24) is 9.78 Å². The first-order valence-electron chi connectivity index (χ1n) is 5.91. The third-order valence-corrected chi connectivity index (χ3v) is 2.75. The molecule has 0 unspecified atom stereocenters. The summed E-state index contributed by atoms with van der Waals surface area (Å²) in [7, 11) is 0. The summed E-state index contributed by atoms with van der Waals surface area (Å²) in [5.74, 6) is -0.815. The number of benzene rings is 1. The smallest absolute Gasteiger partial charge is 0.307 e. The lowest BCUT2D eigenvalue weighted by Gasteiger charge is -2.04. The summed E-state index contributed by atoms with van der Waals surface area (Å²) in [5.41, 5.74) is 2.81. The Hall–Kier alpha value is -2.10. The maximum Gasteiger partial charge on any atom is 0.307 e. The van der Waals surface area contributed by atoms with E-state index in [4.69, 9.17) is 5.11 Å². The van der Waals surface area contributed by atoms with Crippen molar-refractivity contribution >= 4 is 5.97 Å². The standard InChI is InChI=1S/C14H16N2O2/c1-10(2)16-9-13(8-15-16)12-5-3-4-11(6-12)7-14(17)18/h3-6,8-10H,7H2,1-2H3,(H,17,18). The molecule has 1 aromatic heterocycles. The molecule has 0 bridgehead atoms. The first-order valence-corrected chi connectivity index (χ1v) is 5.91. The lowest BCUT2D eigenvalue weighted by molar-refractivity contribution is -0.136. The van der Waals surface area contributed by atoms with Crippen LogP contribution in [0.4, 0.5) is 0 Å². The Labute approximate surface area is 106 Å². The fourth-order valence-corrected chi connectivity index (χ4v) is 1.80. The summed E-state index contributed by atoms with van der Waals surface area (Å²) in [4.78, 5) is 10.7. The van der Waals surface area contributed by atoms with E-state index in [1.807, 2.05) is 35.1 Å². The fourth-order valence-electron chi connectivity index (χ4n) is 1.80. The van der Waals surface area contributed by atoms with Gasteiger partial charge in [-0.25, -0.2) is 0 Å². The van der Waals surface area contributed by atoms with Crippen molar-refractivity contribution in [3.05, 3.63) is 42.2 Å². The van der Waals surface area contributed by atoms with E-state index in [-0.39, 0.29) is 6.42 Å². The number of aliphatic carboxylic acids is 1.